The smallest absolute Gasteiger partial charge is 0.308 e. The first-order valence-electron chi connectivity index (χ1n) is 5.34. The molecule has 2 heterocycles. The molecule has 0 aliphatic rings. The molecule has 0 spiro atoms. The first-order valence-corrected chi connectivity index (χ1v) is 6.15. The van der Waals surface area contributed by atoms with Crippen LogP contribution in [0.2, 0.25) is 0 Å². The zero-order chi connectivity index (χ0) is 13.4. The molecule has 0 saturated carbocycles. The first-order chi connectivity index (χ1) is 9.17. The van der Waals surface area contributed by atoms with Gasteiger partial charge in [-0.2, -0.15) is 4.68 Å². The Morgan fingerprint density at radius 1 is 1.47 bits per heavy atom. The minimum atomic E-state index is -0.357. The van der Waals surface area contributed by atoms with Crippen LogP contribution < -0.4 is 10.5 Å². The van der Waals surface area contributed by atoms with Gasteiger partial charge in [0.05, 0.1) is 17.3 Å². The number of rotatable bonds is 2. The summed E-state index contributed by atoms with van der Waals surface area (Å²) in [5, 5.41) is 4.09. The fourth-order valence-corrected chi connectivity index (χ4v) is 2.52. The van der Waals surface area contributed by atoms with Crippen molar-refractivity contribution in [3.63, 3.8) is 0 Å². The van der Waals surface area contributed by atoms with E-state index in [1.165, 1.54) is 17.7 Å². The molecule has 0 unspecified atom stereocenters. The Balaban J connectivity index is 2.03. The third-order valence-corrected chi connectivity index (χ3v) is 3.50. The number of carbonyl (C=O) groups excluding carboxylic acids is 1. The number of anilines is 1. The number of nitrogens with zero attached hydrogens (tertiary/aromatic N) is 4. The summed E-state index contributed by atoms with van der Waals surface area (Å²) in [6.07, 6.45) is 1.27. The Morgan fingerprint density at radius 3 is 3.00 bits per heavy atom. The maximum absolute atomic E-state index is 12.1. The summed E-state index contributed by atoms with van der Waals surface area (Å²) in [6, 6.07) is 5.43. The molecule has 0 bridgehead atoms. The number of methoxy groups -OCH3 is 1. The number of aromatic nitrogens is 4. The maximum atomic E-state index is 12.1. The van der Waals surface area contributed by atoms with Crippen LogP contribution in [0.3, 0.4) is 0 Å². The van der Waals surface area contributed by atoms with Crippen molar-refractivity contribution in [2.24, 2.45) is 0 Å². The summed E-state index contributed by atoms with van der Waals surface area (Å²) in [4.78, 5) is 20.1. The van der Waals surface area contributed by atoms with Crippen LogP contribution in [-0.4, -0.2) is 32.8 Å². The van der Waals surface area contributed by atoms with Gasteiger partial charge in [0.15, 0.2) is 5.01 Å². The van der Waals surface area contributed by atoms with Gasteiger partial charge in [0.2, 0.25) is 5.95 Å². The van der Waals surface area contributed by atoms with Crippen molar-refractivity contribution in [3.05, 3.63) is 29.5 Å². The average molecular weight is 275 g/mol. The SMILES string of the molecule is COc1ccc2nc(C(=O)n3cnc(N)n3)sc2c1. The topological polar surface area (TPSA) is 95.9 Å². The van der Waals surface area contributed by atoms with Crippen LogP contribution in [0.15, 0.2) is 24.5 Å². The van der Waals surface area contributed by atoms with Gasteiger partial charge >= 0.3 is 5.91 Å². The van der Waals surface area contributed by atoms with Crippen LogP contribution >= 0.6 is 11.3 Å². The predicted octanol–water partition coefficient (Wildman–Crippen LogP) is 1.17. The van der Waals surface area contributed by atoms with Gasteiger partial charge in [-0.05, 0) is 18.2 Å². The average Bonchev–Trinajstić information content (AvgIpc) is 3.02. The minimum Gasteiger partial charge on any atom is -0.497 e. The molecule has 2 N–H and O–H groups in total. The normalized spacial score (nSPS) is 10.8. The third kappa shape index (κ3) is 2.02. The zero-order valence-electron chi connectivity index (χ0n) is 9.90. The molecule has 0 aliphatic heterocycles. The number of fused-ring (bicyclic) bond motifs is 1. The lowest BCUT2D eigenvalue weighted by molar-refractivity contribution is 0.0945. The van der Waals surface area contributed by atoms with Gasteiger partial charge in [-0.3, -0.25) is 4.79 Å². The number of benzene rings is 1. The molecular formula is C11H9N5O2S. The first kappa shape index (κ1) is 11.6. The van der Waals surface area contributed by atoms with E-state index in [1.807, 2.05) is 6.07 Å². The number of hydrogen-bond donors (Lipinski definition) is 1. The van der Waals surface area contributed by atoms with Crippen LogP contribution in [0, 0.1) is 0 Å². The largest absolute Gasteiger partial charge is 0.497 e. The lowest BCUT2D eigenvalue weighted by Gasteiger charge is -1.96. The van der Waals surface area contributed by atoms with Crippen LogP contribution in [0.25, 0.3) is 10.2 Å². The van der Waals surface area contributed by atoms with E-state index in [2.05, 4.69) is 15.1 Å². The van der Waals surface area contributed by atoms with Gasteiger partial charge in [0.25, 0.3) is 0 Å². The number of carbonyl (C=O) groups is 1. The number of nitrogen functional groups attached to an aromatic ring is 1. The van der Waals surface area contributed by atoms with Crippen molar-refractivity contribution >= 4 is 33.4 Å². The van der Waals surface area contributed by atoms with E-state index in [0.29, 0.717) is 5.01 Å². The summed E-state index contributed by atoms with van der Waals surface area (Å²) < 4.78 is 7.07. The van der Waals surface area contributed by atoms with E-state index in [-0.39, 0.29) is 11.9 Å². The fourth-order valence-electron chi connectivity index (χ4n) is 1.60. The third-order valence-electron chi connectivity index (χ3n) is 2.50. The van der Waals surface area contributed by atoms with Gasteiger partial charge in [-0.25, -0.2) is 9.97 Å². The summed E-state index contributed by atoms with van der Waals surface area (Å²) in [5.41, 5.74) is 6.12. The number of thiazole rings is 1. The Hall–Kier alpha value is -2.48. The fraction of sp³-hybridized carbons (Fsp3) is 0.0909. The van der Waals surface area contributed by atoms with Crippen molar-refractivity contribution < 1.29 is 9.53 Å². The Kier molecular flexibility index (Phi) is 2.64. The summed E-state index contributed by atoms with van der Waals surface area (Å²) in [7, 11) is 1.59. The van der Waals surface area contributed by atoms with Crippen molar-refractivity contribution in [1.82, 2.24) is 19.7 Å². The van der Waals surface area contributed by atoms with Gasteiger partial charge in [-0.1, -0.05) is 0 Å². The Morgan fingerprint density at radius 2 is 2.32 bits per heavy atom. The molecule has 96 valence electrons. The second-order valence-electron chi connectivity index (χ2n) is 3.71. The highest BCUT2D eigenvalue weighted by atomic mass is 32.1. The van der Waals surface area contributed by atoms with Crippen LogP contribution in [-0.2, 0) is 0 Å². The quantitative estimate of drug-likeness (QED) is 0.754. The molecule has 1 aromatic carbocycles. The van der Waals surface area contributed by atoms with E-state index >= 15 is 0 Å². The second kappa shape index (κ2) is 4.32. The van der Waals surface area contributed by atoms with E-state index < -0.39 is 0 Å². The highest BCUT2D eigenvalue weighted by molar-refractivity contribution is 7.20. The number of nitrogens with two attached hydrogens (primary N) is 1. The minimum absolute atomic E-state index is 0.0520. The van der Waals surface area contributed by atoms with Gasteiger partial charge < -0.3 is 10.5 Å². The Labute approximate surface area is 111 Å². The molecule has 8 heteroatoms. The molecule has 0 atom stereocenters. The highest BCUT2D eigenvalue weighted by Gasteiger charge is 2.16. The van der Waals surface area contributed by atoms with Gasteiger partial charge in [0.1, 0.15) is 12.1 Å². The summed E-state index contributed by atoms with van der Waals surface area (Å²) in [6.45, 7) is 0. The number of ether oxygens (including phenoxy) is 1. The molecule has 0 fully saturated rings. The molecule has 0 radical (unpaired) electrons. The van der Waals surface area contributed by atoms with E-state index in [9.17, 15) is 4.79 Å². The standard InChI is InChI=1S/C11H9N5O2S/c1-18-6-2-3-7-8(4-6)19-9(14-7)10(17)16-5-13-11(12)15-16/h2-5H,1H3,(H2,12,15). The van der Waals surface area contributed by atoms with Crippen molar-refractivity contribution in [2.75, 3.05) is 12.8 Å². The lowest BCUT2D eigenvalue weighted by atomic mass is 10.3. The molecule has 3 aromatic rings. The number of hydrogen-bond acceptors (Lipinski definition) is 7. The molecule has 19 heavy (non-hydrogen) atoms. The van der Waals surface area contributed by atoms with Crippen molar-refractivity contribution in [1.29, 1.82) is 0 Å². The summed E-state index contributed by atoms with van der Waals surface area (Å²) in [5.74, 6) is 0.417. The summed E-state index contributed by atoms with van der Waals surface area (Å²) >= 11 is 1.27. The molecule has 0 saturated heterocycles. The second-order valence-corrected chi connectivity index (χ2v) is 4.74. The zero-order valence-corrected chi connectivity index (χ0v) is 10.7. The molecule has 7 nitrogen and oxygen atoms in total. The van der Waals surface area contributed by atoms with E-state index in [1.54, 1.807) is 19.2 Å². The molecule has 0 aliphatic carbocycles. The molecule has 0 amide bonds. The predicted molar refractivity (Wildman–Crippen MR) is 70.3 cm³/mol. The van der Waals surface area contributed by atoms with E-state index in [0.717, 1.165) is 20.6 Å². The van der Waals surface area contributed by atoms with Crippen LogP contribution in [0.5, 0.6) is 5.75 Å². The lowest BCUT2D eigenvalue weighted by Crippen LogP contribution is -2.12. The molecule has 3 rings (SSSR count). The van der Waals surface area contributed by atoms with E-state index in [4.69, 9.17) is 10.5 Å². The van der Waals surface area contributed by atoms with Gasteiger partial charge in [0, 0.05) is 0 Å². The monoisotopic (exact) mass is 275 g/mol. The van der Waals surface area contributed by atoms with Crippen LogP contribution in [0.1, 0.15) is 9.80 Å². The molecular weight excluding hydrogens is 266 g/mol. The van der Waals surface area contributed by atoms with Gasteiger partial charge in [-0.15, -0.1) is 16.4 Å². The van der Waals surface area contributed by atoms with Crippen LogP contribution in [0.4, 0.5) is 5.95 Å². The molecule has 2 aromatic heterocycles. The maximum Gasteiger partial charge on any atom is 0.308 e. The van der Waals surface area contributed by atoms with Crippen molar-refractivity contribution in [3.8, 4) is 5.75 Å². The van der Waals surface area contributed by atoms with Crippen molar-refractivity contribution in [2.45, 2.75) is 0 Å². The highest BCUT2D eigenvalue weighted by Crippen LogP contribution is 2.26. The Bertz CT molecular complexity index is 763.